The highest BCUT2D eigenvalue weighted by Gasteiger charge is 2.15. The lowest BCUT2D eigenvalue weighted by Crippen LogP contribution is -2.32. The number of nitrogens with one attached hydrogen (secondary N) is 1. The molecule has 1 heterocycles. The number of rotatable bonds is 8. The zero-order chi connectivity index (χ0) is 24.0. The highest BCUT2D eigenvalue weighted by molar-refractivity contribution is 6.06. The number of carbonyl (C=O) groups excluding carboxylic acids is 1. The van der Waals surface area contributed by atoms with Crippen LogP contribution in [0.3, 0.4) is 0 Å². The second-order valence-electron chi connectivity index (χ2n) is 9.22. The monoisotopic (exact) mass is 440 g/mol. The number of aromatic nitrogens is 1. The molecule has 0 aliphatic rings. The average Bonchev–Trinajstić information content (AvgIpc) is 2.79. The highest BCUT2D eigenvalue weighted by atomic mass is 16.1. The first-order valence-corrected chi connectivity index (χ1v) is 11.4. The maximum absolute atomic E-state index is 13.0. The molecule has 0 radical (unpaired) electrons. The molecule has 0 saturated heterocycles. The number of nitrogens with zero attached hydrogens (tertiary/aromatic N) is 3. The second-order valence-corrected chi connectivity index (χ2v) is 9.22. The third-order valence-electron chi connectivity index (χ3n) is 5.40. The van der Waals surface area contributed by atoms with Crippen LogP contribution in [0.4, 0.5) is 11.5 Å². The van der Waals surface area contributed by atoms with E-state index in [9.17, 15) is 4.79 Å². The van der Waals surface area contributed by atoms with Gasteiger partial charge in [0.15, 0.2) is 0 Å². The Morgan fingerprint density at radius 3 is 2.21 bits per heavy atom. The van der Waals surface area contributed by atoms with Crippen LogP contribution in [0.2, 0.25) is 0 Å². The van der Waals surface area contributed by atoms with Crippen molar-refractivity contribution in [3.05, 3.63) is 77.5 Å². The second kappa shape index (κ2) is 10.8. The van der Waals surface area contributed by atoms with Crippen molar-refractivity contribution in [3.63, 3.8) is 0 Å². The van der Waals surface area contributed by atoms with E-state index in [0.717, 1.165) is 35.6 Å². The Morgan fingerprint density at radius 2 is 1.67 bits per heavy atom. The van der Waals surface area contributed by atoms with Crippen LogP contribution >= 0.6 is 0 Å². The summed E-state index contributed by atoms with van der Waals surface area (Å²) < 4.78 is 0. The van der Waals surface area contributed by atoms with Gasteiger partial charge in [-0.2, -0.15) is 5.26 Å². The van der Waals surface area contributed by atoms with Gasteiger partial charge in [-0.25, -0.2) is 4.98 Å². The van der Waals surface area contributed by atoms with Gasteiger partial charge < -0.3 is 10.2 Å². The van der Waals surface area contributed by atoms with Gasteiger partial charge in [-0.15, -0.1) is 0 Å². The molecule has 0 aliphatic carbocycles. The predicted octanol–water partition coefficient (Wildman–Crippen LogP) is 6.30. The molecule has 1 N–H and O–H groups in total. The topological polar surface area (TPSA) is 69.0 Å². The van der Waals surface area contributed by atoms with Gasteiger partial charge in [0.1, 0.15) is 5.82 Å². The van der Waals surface area contributed by atoms with Gasteiger partial charge in [0.25, 0.3) is 5.91 Å². The van der Waals surface area contributed by atoms with Crippen LogP contribution in [0.5, 0.6) is 0 Å². The molecular formula is C28H32N4O. The summed E-state index contributed by atoms with van der Waals surface area (Å²) in [6.45, 7) is 12.6. The Balaban J connectivity index is 1.78. The molecule has 0 unspecified atom stereocenters. The molecule has 1 amide bonds. The fourth-order valence-corrected chi connectivity index (χ4v) is 3.91. The van der Waals surface area contributed by atoms with Crippen LogP contribution in [-0.2, 0) is 0 Å². The zero-order valence-corrected chi connectivity index (χ0v) is 20.1. The van der Waals surface area contributed by atoms with E-state index < -0.39 is 0 Å². The summed E-state index contributed by atoms with van der Waals surface area (Å²) in [6, 6.07) is 19.1. The highest BCUT2D eigenvalue weighted by Crippen LogP contribution is 2.27. The van der Waals surface area contributed by atoms with E-state index in [1.165, 1.54) is 0 Å². The molecule has 3 aromatic rings. The van der Waals surface area contributed by atoms with E-state index >= 15 is 0 Å². The Bertz CT molecular complexity index is 1120. The summed E-state index contributed by atoms with van der Waals surface area (Å²) in [6.07, 6.45) is 1.72. The van der Waals surface area contributed by atoms with Crippen molar-refractivity contribution in [3.8, 4) is 17.2 Å². The lowest BCUT2D eigenvalue weighted by atomic mass is 9.95. The lowest BCUT2D eigenvalue weighted by Gasteiger charge is -2.27. The van der Waals surface area contributed by atoms with Gasteiger partial charge in [-0.3, -0.25) is 4.79 Å². The molecule has 5 heteroatoms. The van der Waals surface area contributed by atoms with Crippen LogP contribution < -0.4 is 10.2 Å². The third kappa shape index (κ3) is 6.20. The molecule has 0 spiro atoms. The number of hydrogen-bond donors (Lipinski definition) is 1. The minimum absolute atomic E-state index is 0.168. The first-order chi connectivity index (χ1) is 15.8. The number of nitriles is 1. The largest absolute Gasteiger partial charge is 0.356 e. The van der Waals surface area contributed by atoms with Crippen molar-refractivity contribution in [1.82, 2.24) is 4.98 Å². The molecule has 33 heavy (non-hydrogen) atoms. The van der Waals surface area contributed by atoms with Gasteiger partial charge in [-0.05, 0) is 65.8 Å². The minimum atomic E-state index is -0.168. The van der Waals surface area contributed by atoms with Gasteiger partial charge in [0.05, 0.1) is 23.5 Å². The summed E-state index contributed by atoms with van der Waals surface area (Å²) >= 11 is 0. The maximum Gasteiger partial charge on any atom is 0.255 e. The first-order valence-electron chi connectivity index (χ1n) is 11.4. The fraction of sp³-hybridized carbons (Fsp3) is 0.321. The number of carbonyl (C=O) groups is 1. The maximum atomic E-state index is 13.0. The molecule has 0 bridgehead atoms. The van der Waals surface area contributed by atoms with E-state index in [-0.39, 0.29) is 5.91 Å². The minimum Gasteiger partial charge on any atom is -0.356 e. The summed E-state index contributed by atoms with van der Waals surface area (Å²) in [5.41, 5.74) is 4.73. The predicted molar refractivity (Wildman–Crippen MR) is 135 cm³/mol. The van der Waals surface area contributed by atoms with Gasteiger partial charge in [-0.1, -0.05) is 52.0 Å². The van der Waals surface area contributed by atoms with E-state index in [1.54, 1.807) is 18.3 Å². The van der Waals surface area contributed by atoms with Crippen LogP contribution in [0.15, 0.2) is 60.8 Å². The Morgan fingerprint density at radius 1 is 1.00 bits per heavy atom. The Labute approximate surface area is 197 Å². The summed E-state index contributed by atoms with van der Waals surface area (Å²) in [7, 11) is 0. The van der Waals surface area contributed by atoms with E-state index in [1.807, 2.05) is 49.4 Å². The van der Waals surface area contributed by atoms with Crippen molar-refractivity contribution in [2.75, 3.05) is 23.3 Å². The molecule has 0 aliphatic heterocycles. The molecule has 0 atom stereocenters. The average molecular weight is 441 g/mol. The van der Waals surface area contributed by atoms with Gasteiger partial charge >= 0.3 is 0 Å². The summed E-state index contributed by atoms with van der Waals surface area (Å²) in [5, 5.41) is 12.0. The number of benzene rings is 2. The summed E-state index contributed by atoms with van der Waals surface area (Å²) in [5.74, 6) is 1.83. The summed E-state index contributed by atoms with van der Waals surface area (Å²) in [4.78, 5) is 20.0. The smallest absolute Gasteiger partial charge is 0.255 e. The van der Waals surface area contributed by atoms with Crippen molar-refractivity contribution >= 4 is 17.4 Å². The van der Waals surface area contributed by atoms with Crippen LogP contribution in [0.1, 0.15) is 49.2 Å². The van der Waals surface area contributed by atoms with Crippen molar-refractivity contribution in [2.45, 2.75) is 34.6 Å². The van der Waals surface area contributed by atoms with Crippen molar-refractivity contribution in [2.24, 2.45) is 11.8 Å². The molecule has 2 aromatic carbocycles. The third-order valence-corrected chi connectivity index (χ3v) is 5.40. The van der Waals surface area contributed by atoms with Crippen molar-refractivity contribution in [1.29, 1.82) is 5.26 Å². The molecule has 1 aromatic heterocycles. The van der Waals surface area contributed by atoms with Crippen LogP contribution in [-0.4, -0.2) is 24.0 Å². The van der Waals surface area contributed by atoms with E-state index in [0.29, 0.717) is 28.7 Å². The lowest BCUT2D eigenvalue weighted by molar-refractivity contribution is 0.102. The zero-order valence-electron chi connectivity index (χ0n) is 20.1. The SMILES string of the molecule is Cc1c(C(=O)Nc2ccc(N(CC(C)C)CC(C)C)nc2)cccc1-c1ccc(C#N)cc1. The van der Waals surface area contributed by atoms with Gasteiger partial charge in [0, 0.05) is 18.7 Å². The molecular weight excluding hydrogens is 408 g/mol. The molecule has 5 nitrogen and oxygen atoms in total. The fourth-order valence-electron chi connectivity index (χ4n) is 3.91. The van der Waals surface area contributed by atoms with Gasteiger partial charge in [0.2, 0.25) is 0 Å². The molecule has 0 fully saturated rings. The van der Waals surface area contributed by atoms with E-state index in [4.69, 9.17) is 5.26 Å². The first kappa shape index (κ1) is 24.0. The normalized spacial score (nSPS) is 10.8. The molecule has 0 saturated carbocycles. The number of pyridine rings is 1. The number of amides is 1. The standard InChI is InChI=1S/C28H32N4O/c1-19(2)17-32(18-20(3)4)27-14-13-24(16-30-27)31-28(33)26-8-6-7-25(21(26)5)23-11-9-22(15-29)10-12-23/h6-14,16,19-20H,17-18H2,1-5H3,(H,31,33). The van der Waals surface area contributed by atoms with Crippen LogP contribution in [0, 0.1) is 30.1 Å². The number of hydrogen-bond acceptors (Lipinski definition) is 4. The van der Waals surface area contributed by atoms with E-state index in [2.05, 4.69) is 49.0 Å². The Hall–Kier alpha value is -3.65. The molecule has 170 valence electrons. The number of anilines is 2. The van der Waals surface area contributed by atoms with Crippen LogP contribution in [0.25, 0.3) is 11.1 Å². The Kier molecular flexibility index (Phi) is 7.84. The molecule has 3 rings (SSSR count). The van der Waals surface area contributed by atoms with Crippen molar-refractivity contribution < 1.29 is 4.79 Å². The quantitative estimate of drug-likeness (QED) is 0.446.